The molecule has 0 bridgehead atoms. The molecule has 7 nitrogen and oxygen atoms in total. The quantitative estimate of drug-likeness (QED) is 0.592. The Kier molecular flexibility index (Phi) is 6.10. The molecule has 1 aromatic rings. The number of carbonyl (C=O) groups is 2. The number of benzene rings is 1. The fourth-order valence-corrected chi connectivity index (χ4v) is 1.95. The van der Waals surface area contributed by atoms with Crippen molar-refractivity contribution >= 4 is 29.2 Å². The maximum Gasteiger partial charge on any atom is 0.303 e. The van der Waals surface area contributed by atoms with Gasteiger partial charge >= 0.3 is 5.97 Å². The lowest BCUT2D eigenvalue weighted by atomic mass is 10.1. The Balaban J connectivity index is 2.58. The fourth-order valence-electron chi connectivity index (χ4n) is 1.70. The van der Waals surface area contributed by atoms with Crippen LogP contribution in [0.2, 0.25) is 5.02 Å². The summed E-state index contributed by atoms with van der Waals surface area (Å²) in [5.74, 6) is -1.24. The molecular weight excluding hydrogens is 300 g/mol. The summed E-state index contributed by atoms with van der Waals surface area (Å²) in [7, 11) is 0. The summed E-state index contributed by atoms with van der Waals surface area (Å²) in [6.45, 7) is 1.71. The van der Waals surface area contributed by atoms with Gasteiger partial charge in [0, 0.05) is 24.6 Å². The van der Waals surface area contributed by atoms with Crippen LogP contribution in [0.4, 0.5) is 5.69 Å². The zero-order chi connectivity index (χ0) is 16.0. The van der Waals surface area contributed by atoms with Crippen molar-refractivity contribution in [1.82, 2.24) is 5.32 Å². The summed E-state index contributed by atoms with van der Waals surface area (Å²) >= 11 is 5.89. The molecule has 0 aromatic heterocycles. The van der Waals surface area contributed by atoms with Crippen molar-refractivity contribution in [3.05, 3.63) is 38.9 Å². The summed E-state index contributed by atoms with van der Waals surface area (Å²) in [5.41, 5.74) is 0.337. The largest absolute Gasteiger partial charge is 0.481 e. The van der Waals surface area contributed by atoms with Crippen LogP contribution in [0.25, 0.3) is 0 Å². The topological polar surface area (TPSA) is 110 Å². The third-order valence-electron chi connectivity index (χ3n) is 2.80. The Hall–Kier alpha value is -2.15. The van der Waals surface area contributed by atoms with Crippen molar-refractivity contribution in [2.24, 2.45) is 0 Å². The maximum absolute atomic E-state index is 11.8. The number of amides is 1. The molecular formula is C13H15ClN2O5. The third-order valence-corrected chi connectivity index (χ3v) is 3.15. The van der Waals surface area contributed by atoms with Crippen molar-refractivity contribution in [3.63, 3.8) is 0 Å². The van der Waals surface area contributed by atoms with E-state index < -0.39 is 10.9 Å². The molecule has 0 fully saturated rings. The highest BCUT2D eigenvalue weighted by atomic mass is 35.5. The van der Waals surface area contributed by atoms with Crippen LogP contribution in [0, 0.1) is 10.1 Å². The van der Waals surface area contributed by atoms with Gasteiger partial charge in [0.25, 0.3) is 5.69 Å². The molecule has 21 heavy (non-hydrogen) atoms. The van der Waals surface area contributed by atoms with E-state index in [1.807, 2.05) is 0 Å². The number of nitrogens with one attached hydrogen (secondary N) is 1. The second-order valence-electron chi connectivity index (χ2n) is 4.61. The molecule has 114 valence electrons. The average Bonchev–Trinajstić information content (AvgIpc) is 2.38. The fraction of sp³-hybridized carbons (Fsp3) is 0.385. The molecule has 0 aliphatic heterocycles. The highest BCUT2D eigenvalue weighted by Crippen LogP contribution is 2.22. The van der Waals surface area contributed by atoms with Gasteiger partial charge in [-0.25, -0.2) is 0 Å². The Morgan fingerprint density at radius 2 is 2.14 bits per heavy atom. The Bertz CT molecular complexity index is 561. The number of nitro benzene ring substituents is 1. The number of halogens is 1. The Labute approximate surface area is 126 Å². The van der Waals surface area contributed by atoms with Gasteiger partial charge in [0.2, 0.25) is 5.91 Å². The normalized spacial score (nSPS) is 11.7. The van der Waals surface area contributed by atoms with Crippen molar-refractivity contribution in [2.45, 2.75) is 32.2 Å². The molecule has 0 heterocycles. The number of carbonyl (C=O) groups excluding carboxylic acids is 1. The second kappa shape index (κ2) is 7.58. The summed E-state index contributed by atoms with van der Waals surface area (Å²) in [5, 5.41) is 21.9. The van der Waals surface area contributed by atoms with Crippen LogP contribution < -0.4 is 5.32 Å². The number of hydrogen-bond acceptors (Lipinski definition) is 4. The molecule has 1 atom stereocenters. The minimum Gasteiger partial charge on any atom is -0.481 e. The lowest BCUT2D eigenvalue weighted by Gasteiger charge is -2.13. The van der Waals surface area contributed by atoms with Crippen LogP contribution in [0.5, 0.6) is 0 Å². The SMILES string of the molecule is CC(CCC(=O)O)NC(=O)Cc1ccc([N+](=O)[O-])cc1Cl. The van der Waals surface area contributed by atoms with Gasteiger partial charge in [-0.2, -0.15) is 0 Å². The summed E-state index contributed by atoms with van der Waals surface area (Å²) in [6, 6.07) is 3.63. The van der Waals surface area contributed by atoms with Crippen molar-refractivity contribution < 1.29 is 19.6 Å². The van der Waals surface area contributed by atoms with E-state index in [2.05, 4.69) is 5.32 Å². The highest BCUT2D eigenvalue weighted by molar-refractivity contribution is 6.31. The number of aliphatic carboxylic acids is 1. The lowest BCUT2D eigenvalue weighted by molar-refractivity contribution is -0.384. The van der Waals surface area contributed by atoms with Crippen molar-refractivity contribution in [3.8, 4) is 0 Å². The van der Waals surface area contributed by atoms with E-state index in [1.165, 1.54) is 18.2 Å². The number of carboxylic acid groups (broad SMARTS) is 1. The molecule has 2 N–H and O–H groups in total. The van der Waals surface area contributed by atoms with Gasteiger partial charge < -0.3 is 10.4 Å². The molecule has 1 aromatic carbocycles. The monoisotopic (exact) mass is 314 g/mol. The van der Waals surface area contributed by atoms with Gasteiger partial charge in [-0.3, -0.25) is 19.7 Å². The third kappa shape index (κ3) is 5.78. The molecule has 8 heteroatoms. The van der Waals surface area contributed by atoms with E-state index >= 15 is 0 Å². The minimum absolute atomic E-state index is 0.0196. The molecule has 0 aliphatic carbocycles. The number of nitro groups is 1. The zero-order valence-electron chi connectivity index (χ0n) is 11.3. The molecule has 0 radical (unpaired) electrons. The first-order valence-corrected chi connectivity index (χ1v) is 6.61. The molecule has 0 saturated carbocycles. The van der Waals surface area contributed by atoms with E-state index in [0.29, 0.717) is 12.0 Å². The van der Waals surface area contributed by atoms with Crippen LogP contribution in [-0.2, 0) is 16.0 Å². The number of non-ortho nitro benzene ring substituents is 1. The molecule has 0 spiro atoms. The van der Waals surface area contributed by atoms with Crippen LogP contribution >= 0.6 is 11.6 Å². The molecule has 1 amide bonds. The zero-order valence-corrected chi connectivity index (χ0v) is 12.1. The summed E-state index contributed by atoms with van der Waals surface area (Å²) in [6.07, 6.45) is 0.281. The maximum atomic E-state index is 11.8. The predicted molar refractivity (Wildman–Crippen MR) is 76.3 cm³/mol. The van der Waals surface area contributed by atoms with E-state index in [-0.39, 0.29) is 35.5 Å². The predicted octanol–water partition coefficient (Wildman–Crippen LogP) is 2.16. The number of carboxylic acids is 1. The standard InChI is InChI=1S/C13H15ClN2O5/c1-8(2-5-13(18)19)15-12(17)6-9-3-4-10(16(20)21)7-11(9)14/h3-4,7-8H,2,5-6H2,1H3,(H,15,17)(H,18,19). The van der Waals surface area contributed by atoms with Gasteiger partial charge in [-0.1, -0.05) is 17.7 Å². The van der Waals surface area contributed by atoms with Gasteiger partial charge in [-0.15, -0.1) is 0 Å². The van der Waals surface area contributed by atoms with Crippen LogP contribution in [0.1, 0.15) is 25.3 Å². The average molecular weight is 315 g/mol. The molecule has 1 rings (SSSR count). The van der Waals surface area contributed by atoms with Crippen LogP contribution in [0.3, 0.4) is 0 Å². The Morgan fingerprint density at radius 3 is 2.67 bits per heavy atom. The second-order valence-corrected chi connectivity index (χ2v) is 5.02. The first kappa shape index (κ1) is 16.9. The summed E-state index contributed by atoms with van der Waals surface area (Å²) in [4.78, 5) is 32.2. The van der Waals surface area contributed by atoms with E-state index in [0.717, 1.165) is 0 Å². The van der Waals surface area contributed by atoms with Crippen molar-refractivity contribution in [2.75, 3.05) is 0 Å². The van der Waals surface area contributed by atoms with E-state index in [1.54, 1.807) is 6.92 Å². The van der Waals surface area contributed by atoms with Gasteiger partial charge in [0.05, 0.1) is 16.4 Å². The first-order chi connectivity index (χ1) is 9.79. The van der Waals surface area contributed by atoms with Gasteiger partial charge in [0.1, 0.15) is 0 Å². The van der Waals surface area contributed by atoms with Gasteiger partial charge in [0.15, 0.2) is 0 Å². The van der Waals surface area contributed by atoms with Crippen LogP contribution in [-0.4, -0.2) is 27.9 Å². The number of nitrogens with zero attached hydrogens (tertiary/aromatic N) is 1. The molecule has 0 saturated heterocycles. The summed E-state index contributed by atoms with van der Waals surface area (Å²) < 4.78 is 0. The van der Waals surface area contributed by atoms with E-state index in [4.69, 9.17) is 16.7 Å². The number of hydrogen-bond donors (Lipinski definition) is 2. The minimum atomic E-state index is -0.922. The number of rotatable bonds is 7. The van der Waals surface area contributed by atoms with Gasteiger partial charge in [-0.05, 0) is 18.9 Å². The molecule has 0 aliphatic rings. The lowest BCUT2D eigenvalue weighted by Crippen LogP contribution is -2.34. The smallest absolute Gasteiger partial charge is 0.303 e. The van der Waals surface area contributed by atoms with Crippen LogP contribution in [0.15, 0.2) is 18.2 Å². The van der Waals surface area contributed by atoms with Crippen molar-refractivity contribution in [1.29, 1.82) is 0 Å². The molecule has 1 unspecified atom stereocenters. The Morgan fingerprint density at radius 1 is 1.48 bits per heavy atom. The highest BCUT2D eigenvalue weighted by Gasteiger charge is 2.14. The van der Waals surface area contributed by atoms with E-state index in [9.17, 15) is 19.7 Å². The first-order valence-electron chi connectivity index (χ1n) is 6.23.